The lowest BCUT2D eigenvalue weighted by Crippen LogP contribution is -2.40. The highest BCUT2D eigenvalue weighted by atomic mass is 19.1. The molecule has 0 spiro atoms. The zero-order valence-corrected chi connectivity index (χ0v) is 16.5. The molecule has 0 fully saturated rings. The van der Waals surface area contributed by atoms with Gasteiger partial charge in [0.2, 0.25) is 0 Å². The second-order valence-corrected chi connectivity index (χ2v) is 8.21. The van der Waals surface area contributed by atoms with Crippen LogP contribution < -0.4 is 0 Å². The van der Waals surface area contributed by atoms with Gasteiger partial charge in [0.05, 0.1) is 0 Å². The fourth-order valence-electron chi connectivity index (χ4n) is 3.48. The van der Waals surface area contributed by atoms with Crippen molar-refractivity contribution in [3.63, 3.8) is 0 Å². The maximum absolute atomic E-state index is 14.8. The lowest BCUT2D eigenvalue weighted by atomic mass is 9.93. The molecule has 4 nitrogen and oxygen atoms in total. The number of nitrogens with zero attached hydrogens (tertiary/aromatic N) is 2. The van der Waals surface area contributed by atoms with Crippen molar-refractivity contribution < 1.29 is 13.9 Å². The van der Waals surface area contributed by atoms with Gasteiger partial charge >= 0.3 is 6.09 Å². The molecule has 1 aromatic carbocycles. The van der Waals surface area contributed by atoms with E-state index in [9.17, 15) is 9.18 Å². The van der Waals surface area contributed by atoms with E-state index in [1.165, 1.54) is 5.56 Å². The SMILES string of the molecule is CC(C)(C)OC(=O)N1CC=C(C2=CCN(Cc3ccccc3)CC2F)CC1. The molecule has 146 valence electrons. The number of hydrogen-bond acceptors (Lipinski definition) is 3. The fraction of sp³-hybridized carbons (Fsp3) is 0.500. The van der Waals surface area contributed by atoms with E-state index in [4.69, 9.17) is 4.74 Å². The minimum absolute atomic E-state index is 0.304. The average Bonchev–Trinajstić information content (AvgIpc) is 2.61. The Morgan fingerprint density at radius 3 is 2.52 bits per heavy atom. The fourth-order valence-corrected chi connectivity index (χ4v) is 3.48. The molecule has 5 heteroatoms. The highest BCUT2D eigenvalue weighted by molar-refractivity contribution is 5.68. The molecule has 3 rings (SSSR count). The van der Waals surface area contributed by atoms with Gasteiger partial charge in [0.1, 0.15) is 11.8 Å². The summed E-state index contributed by atoms with van der Waals surface area (Å²) in [7, 11) is 0. The number of rotatable bonds is 3. The van der Waals surface area contributed by atoms with Crippen LogP contribution in [0.1, 0.15) is 32.8 Å². The Kier molecular flexibility index (Phi) is 6.00. The first kappa shape index (κ1) is 19.6. The van der Waals surface area contributed by atoms with Gasteiger partial charge in [-0.25, -0.2) is 9.18 Å². The maximum atomic E-state index is 14.8. The third-order valence-electron chi connectivity index (χ3n) is 4.81. The molecule has 2 aliphatic rings. The smallest absolute Gasteiger partial charge is 0.410 e. The van der Waals surface area contributed by atoms with Gasteiger partial charge in [-0.2, -0.15) is 0 Å². The van der Waals surface area contributed by atoms with Gasteiger partial charge in [0.15, 0.2) is 0 Å². The summed E-state index contributed by atoms with van der Waals surface area (Å²) >= 11 is 0. The Morgan fingerprint density at radius 1 is 1.19 bits per heavy atom. The minimum Gasteiger partial charge on any atom is -0.444 e. The number of ether oxygens (including phenoxy) is 1. The Balaban J connectivity index is 1.58. The van der Waals surface area contributed by atoms with Crippen LogP contribution in [0.3, 0.4) is 0 Å². The van der Waals surface area contributed by atoms with E-state index in [0.717, 1.165) is 24.2 Å². The predicted molar refractivity (Wildman–Crippen MR) is 105 cm³/mol. The summed E-state index contributed by atoms with van der Waals surface area (Å²) < 4.78 is 20.2. The average molecular weight is 372 g/mol. The number of halogens is 1. The first-order valence-electron chi connectivity index (χ1n) is 9.59. The Hall–Kier alpha value is -2.14. The topological polar surface area (TPSA) is 32.8 Å². The first-order valence-corrected chi connectivity index (χ1v) is 9.59. The zero-order valence-electron chi connectivity index (χ0n) is 16.5. The quantitative estimate of drug-likeness (QED) is 0.792. The number of hydrogen-bond donors (Lipinski definition) is 0. The second kappa shape index (κ2) is 8.26. The van der Waals surface area contributed by atoms with Crippen molar-refractivity contribution >= 4 is 6.09 Å². The van der Waals surface area contributed by atoms with Crippen molar-refractivity contribution in [3.8, 4) is 0 Å². The molecular weight excluding hydrogens is 343 g/mol. The zero-order chi connectivity index (χ0) is 19.4. The van der Waals surface area contributed by atoms with E-state index < -0.39 is 11.8 Å². The first-order chi connectivity index (χ1) is 12.8. The highest BCUT2D eigenvalue weighted by Gasteiger charge is 2.28. The summed E-state index contributed by atoms with van der Waals surface area (Å²) in [5.41, 5.74) is 2.52. The van der Waals surface area contributed by atoms with Gasteiger partial charge in [-0.1, -0.05) is 42.5 Å². The van der Waals surface area contributed by atoms with E-state index in [-0.39, 0.29) is 6.09 Å². The molecule has 0 N–H and O–H groups in total. The number of alkyl halides is 1. The molecule has 0 aliphatic carbocycles. The molecule has 0 saturated carbocycles. The molecular formula is C22H29FN2O2. The maximum Gasteiger partial charge on any atom is 0.410 e. The highest BCUT2D eigenvalue weighted by Crippen LogP contribution is 2.28. The number of carbonyl (C=O) groups excluding carboxylic acids is 1. The molecule has 0 radical (unpaired) electrons. The van der Waals surface area contributed by atoms with Crippen LogP contribution in [-0.4, -0.2) is 53.8 Å². The van der Waals surface area contributed by atoms with Crippen LogP contribution in [0.4, 0.5) is 9.18 Å². The number of carbonyl (C=O) groups is 1. The van der Waals surface area contributed by atoms with E-state index in [0.29, 0.717) is 26.1 Å². The normalized spacial score (nSPS) is 21.5. The molecule has 0 aromatic heterocycles. The van der Waals surface area contributed by atoms with Crippen molar-refractivity contribution in [3.05, 3.63) is 59.2 Å². The lowest BCUT2D eigenvalue weighted by molar-refractivity contribution is 0.0266. The van der Waals surface area contributed by atoms with Gasteiger partial charge in [-0.05, 0) is 43.9 Å². The van der Waals surface area contributed by atoms with Gasteiger partial charge in [0, 0.05) is 32.7 Å². The third kappa shape index (κ3) is 5.42. The summed E-state index contributed by atoms with van der Waals surface area (Å²) in [6.07, 6.45) is 3.36. The number of amides is 1. The minimum atomic E-state index is -0.984. The second-order valence-electron chi connectivity index (χ2n) is 8.21. The Bertz CT molecular complexity index is 722. The Morgan fingerprint density at radius 2 is 1.93 bits per heavy atom. The van der Waals surface area contributed by atoms with Crippen LogP contribution in [0, 0.1) is 0 Å². The largest absolute Gasteiger partial charge is 0.444 e. The van der Waals surface area contributed by atoms with E-state index in [2.05, 4.69) is 17.0 Å². The molecule has 1 amide bonds. The van der Waals surface area contributed by atoms with Crippen molar-refractivity contribution in [2.75, 3.05) is 26.2 Å². The van der Waals surface area contributed by atoms with Crippen molar-refractivity contribution in [2.24, 2.45) is 0 Å². The van der Waals surface area contributed by atoms with E-state index in [1.807, 2.05) is 51.1 Å². The van der Waals surface area contributed by atoms with Crippen LogP contribution in [0.2, 0.25) is 0 Å². The third-order valence-corrected chi connectivity index (χ3v) is 4.81. The van der Waals surface area contributed by atoms with Crippen LogP contribution in [-0.2, 0) is 11.3 Å². The summed E-state index contributed by atoms with van der Waals surface area (Å²) in [6.45, 7) is 8.54. The van der Waals surface area contributed by atoms with Gasteiger partial charge in [-0.15, -0.1) is 0 Å². The standard InChI is InChI=1S/C22H29FN2O2/c1-22(2,3)27-21(26)25-13-9-18(10-14-25)19-11-12-24(16-20(19)23)15-17-7-5-4-6-8-17/h4-9,11,20H,10,12-16H2,1-3H3. The summed E-state index contributed by atoms with van der Waals surface area (Å²) in [6, 6.07) is 10.2. The van der Waals surface area contributed by atoms with E-state index in [1.54, 1.807) is 4.90 Å². The van der Waals surface area contributed by atoms with Crippen LogP contribution >= 0.6 is 0 Å². The van der Waals surface area contributed by atoms with Gasteiger partial charge in [0.25, 0.3) is 0 Å². The summed E-state index contributed by atoms with van der Waals surface area (Å²) in [4.78, 5) is 16.0. The molecule has 0 bridgehead atoms. The van der Waals surface area contributed by atoms with Crippen LogP contribution in [0.25, 0.3) is 0 Å². The lowest BCUT2D eigenvalue weighted by Gasteiger charge is -2.33. The molecule has 1 atom stereocenters. The van der Waals surface area contributed by atoms with Crippen LogP contribution in [0.5, 0.6) is 0 Å². The monoisotopic (exact) mass is 372 g/mol. The van der Waals surface area contributed by atoms with Crippen LogP contribution in [0.15, 0.2) is 53.6 Å². The summed E-state index contributed by atoms with van der Waals surface area (Å²) in [5.74, 6) is 0. The molecule has 1 unspecified atom stereocenters. The molecule has 0 saturated heterocycles. The van der Waals surface area contributed by atoms with Gasteiger partial charge < -0.3 is 9.64 Å². The molecule has 2 heterocycles. The van der Waals surface area contributed by atoms with Gasteiger partial charge in [-0.3, -0.25) is 4.90 Å². The molecule has 1 aromatic rings. The van der Waals surface area contributed by atoms with Crippen molar-refractivity contribution in [2.45, 2.75) is 45.5 Å². The molecule has 2 aliphatic heterocycles. The summed E-state index contributed by atoms with van der Waals surface area (Å²) in [5, 5.41) is 0. The van der Waals surface area contributed by atoms with Crippen molar-refractivity contribution in [1.82, 2.24) is 9.80 Å². The predicted octanol–water partition coefficient (Wildman–Crippen LogP) is 4.33. The number of benzene rings is 1. The van der Waals surface area contributed by atoms with E-state index >= 15 is 0 Å². The van der Waals surface area contributed by atoms with Crippen molar-refractivity contribution in [1.29, 1.82) is 0 Å². The molecule has 27 heavy (non-hydrogen) atoms. The Labute approximate surface area is 161 Å².